The van der Waals surface area contributed by atoms with Gasteiger partial charge in [-0.15, -0.1) is 0 Å². The van der Waals surface area contributed by atoms with Crippen LogP contribution in [-0.2, 0) is 4.79 Å². The monoisotopic (exact) mass is 264 g/mol. The first-order valence-corrected chi connectivity index (χ1v) is 6.19. The van der Waals surface area contributed by atoms with Gasteiger partial charge in [-0.25, -0.2) is 4.79 Å². The highest BCUT2D eigenvalue weighted by Gasteiger charge is 2.16. The van der Waals surface area contributed by atoms with E-state index >= 15 is 0 Å². The Morgan fingerprint density at radius 3 is 2.42 bits per heavy atom. The Labute approximate surface area is 113 Å². The van der Waals surface area contributed by atoms with E-state index in [0.717, 1.165) is 11.3 Å². The standard InChI is InChI=1S/C14H20N2O3/c1-11-7-4-5-8-12(11)16(3)14(19)15(2)10-6-9-13(17)18/h4-5,7-8H,6,9-10H2,1-3H3,(H,17,18). The summed E-state index contributed by atoms with van der Waals surface area (Å²) in [6.45, 7) is 2.38. The zero-order chi connectivity index (χ0) is 14.4. The number of benzene rings is 1. The molecule has 0 aliphatic heterocycles. The van der Waals surface area contributed by atoms with Crippen molar-refractivity contribution in [1.82, 2.24) is 4.90 Å². The number of nitrogens with zero attached hydrogens (tertiary/aromatic N) is 2. The predicted molar refractivity (Wildman–Crippen MR) is 74.5 cm³/mol. The fourth-order valence-electron chi connectivity index (χ4n) is 1.86. The van der Waals surface area contributed by atoms with Crippen molar-refractivity contribution < 1.29 is 14.7 Å². The minimum Gasteiger partial charge on any atom is -0.481 e. The molecule has 0 unspecified atom stereocenters. The molecular formula is C14H20N2O3. The van der Waals surface area contributed by atoms with Crippen molar-refractivity contribution in [2.24, 2.45) is 0 Å². The Balaban J connectivity index is 2.61. The van der Waals surface area contributed by atoms with Gasteiger partial charge < -0.3 is 10.0 Å². The second-order valence-corrected chi connectivity index (χ2v) is 4.55. The smallest absolute Gasteiger partial charge is 0.323 e. The predicted octanol–water partition coefficient (Wildman–Crippen LogP) is 2.35. The van der Waals surface area contributed by atoms with Crippen LogP contribution < -0.4 is 4.90 Å². The van der Waals surface area contributed by atoms with Gasteiger partial charge >= 0.3 is 12.0 Å². The summed E-state index contributed by atoms with van der Waals surface area (Å²) in [6.07, 6.45) is 0.533. The average molecular weight is 264 g/mol. The topological polar surface area (TPSA) is 60.9 Å². The van der Waals surface area contributed by atoms with E-state index in [1.807, 2.05) is 31.2 Å². The molecule has 5 nitrogen and oxygen atoms in total. The van der Waals surface area contributed by atoms with Gasteiger partial charge in [0.1, 0.15) is 0 Å². The highest BCUT2D eigenvalue weighted by atomic mass is 16.4. The number of hydrogen-bond donors (Lipinski definition) is 1. The van der Waals surface area contributed by atoms with Crippen molar-refractivity contribution in [2.75, 3.05) is 25.5 Å². The third kappa shape index (κ3) is 4.28. The molecule has 2 amide bonds. The van der Waals surface area contributed by atoms with Gasteiger partial charge in [-0.2, -0.15) is 0 Å². The maximum atomic E-state index is 12.2. The van der Waals surface area contributed by atoms with E-state index in [1.165, 1.54) is 4.90 Å². The molecule has 0 fully saturated rings. The van der Waals surface area contributed by atoms with Crippen molar-refractivity contribution >= 4 is 17.7 Å². The maximum absolute atomic E-state index is 12.2. The lowest BCUT2D eigenvalue weighted by Crippen LogP contribution is -2.39. The van der Waals surface area contributed by atoms with Crippen LogP contribution in [0.1, 0.15) is 18.4 Å². The Morgan fingerprint density at radius 2 is 1.84 bits per heavy atom. The summed E-state index contributed by atoms with van der Waals surface area (Å²) < 4.78 is 0. The van der Waals surface area contributed by atoms with Crippen LogP contribution in [0.4, 0.5) is 10.5 Å². The summed E-state index contributed by atoms with van der Waals surface area (Å²) >= 11 is 0. The van der Waals surface area contributed by atoms with Crippen molar-refractivity contribution in [3.05, 3.63) is 29.8 Å². The SMILES string of the molecule is Cc1ccccc1N(C)C(=O)N(C)CCCC(=O)O. The lowest BCUT2D eigenvalue weighted by Gasteiger charge is -2.26. The van der Waals surface area contributed by atoms with Crippen molar-refractivity contribution in [1.29, 1.82) is 0 Å². The number of aliphatic carboxylic acids is 1. The fourth-order valence-corrected chi connectivity index (χ4v) is 1.86. The molecule has 0 bridgehead atoms. The minimum absolute atomic E-state index is 0.0751. The third-order valence-electron chi connectivity index (χ3n) is 2.97. The van der Waals surface area contributed by atoms with Crippen LogP contribution in [0, 0.1) is 6.92 Å². The van der Waals surface area contributed by atoms with E-state index < -0.39 is 5.97 Å². The van der Waals surface area contributed by atoms with E-state index in [9.17, 15) is 9.59 Å². The molecule has 0 saturated carbocycles. The van der Waals surface area contributed by atoms with Crippen molar-refractivity contribution in [2.45, 2.75) is 19.8 Å². The summed E-state index contributed by atoms with van der Waals surface area (Å²) in [5.74, 6) is -0.840. The van der Waals surface area contributed by atoms with E-state index in [2.05, 4.69) is 0 Å². The van der Waals surface area contributed by atoms with Gasteiger partial charge in [-0.05, 0) is 25.0 Å². The maximum Gasteiger partial charge on any atom is 0.323 e. The lowest BCUT2D eigenvalue weighted by molar-refractivity contribution is -0.137. The average Bonchev–Trinajstić information content (AvgIpc) is 2.37. The van der Waals surface area contributed by atoms with Crippen molar-refractivity contribution in [3.8, 4) is 0 Å². The van der Waals surface area contributed by atoms with Crippen LogP contribution >= 0.6 is 0 Å². The van der Waals surface area contributed by atoms with E-state index in [0.29, 0.717) is 13.0 Å². The molecule has 1 aromatic carbocycles. The molecule has 104 valence electrons. The summed E-state index contributed by atoms with van der Waals surface area (Å²) in [6, 6.07) is 7.51. The number of para-hydroxylation sites is 1. The van der Waals surface area contributed by atoms with E-state index in [-0.39, 0.29) is 12.5 Å². The molecule has 1 aromatic rings. The first kappa shape index (κ1) is 15.0. The first-order valence-electron chi connectivity index (χ1n) is 6.19. The number of anilines is 1. The lowest BCUT2D eigenvalue weighted by atomic mass is 10.2. The quantitative estimate of drug-likeness (QED) is 0.888. The number of amides is 2. The van der Waals surface area contributed by atoms with Crippen LogP contribution in [0.2, 0.25) is 0 Å². The number of hydrogen-bond acceptors (Lipinski definition) is 2. The van der Waals surface area contributed by atoms with E-state index in [1.54, 1.807) is 19.0 Å². The largest absolute Gasteiger partial charge is 0.481 e. The second-order valence-electron chi connectivity index (χ2n) is 4.55. The number of carboxylic acids is 1. The molecule has 0 aliphatic rings. The number of carboxylic acid groups (broad SMARTS) is 1. The molecular weight excluding hydrogens is 244 g/mol. The molecule has 1 N–H and O–H groups in total. The molecule has 5 heteroatoms. The Hall–Kier alpha value is -2.04. The van der Waals surface area contributed by atoms with Gasteiger partial charge in [0.2, 0.25) is 0 Å². The van der Waals surface area contributed by atoms with Crippen LogP contribution in [0.5, 0.6) is 0 Å². The molecule has 0 radical (unpaired) electrons. The molecule has 19 heavy (non-hydrogen) atoms. The molecule has 0 aliphatic carbocycles. The summed E-state index contributed by atoms with van der Waals surface area (Å²) in [5.41, 5.74) is 1.88. The molecule has 0 saturated heterocycles. The van der Waals surface area contributed by atoms with Crippen LogP contribution in [0.25, 0.3) is 0 Å². The molecule has 0 atom stereocenters. The van der Waals surface area contributed by atoms with Crippen molar-refractivity contribution in [3.63, 3.8) is 0 Å². The zero-order valence-electron chi connectivity index (χ0n) is 11.6. The van der Waals surface area contributed by atoms with Gasteiger partial charge in [-0.1, -0.05) is 18.2 Å². The normalized spacial score (nSPS) is 10.1. The van der Waals surface area contributed by atoms with E-state index in [4.69, 9.17) is 5.11 Å². The molecule has 0 spiro atoms. The van der Waals surface area contributed by atoms with Crippen LogP contribution in [0.15, 0.2) is 24.3 Å². The van der Waals surface area contributed by atoms with Gasteiger partial charge in [-0.3, -0.25) is 9.69 Å². The van der Waals surface area contributed by atoms with Crippen LogP contribution in [-0.4, -0.2) is 42.6 Å². The van der Waals surface area contributed by atoms with Gasteiger partial charge in [0.25, 0.3) is 0 Å². The number of rotatable bonds is 5. The van der Waals surface area contributed by atoms with Gasteiger partial charge in [0, 0.05) is 32.7 Å². The fraction of sp³-hybridized carbons (Fsp3) is 0.429. The molecule has 0 heterocycles. The number of urea groups is 1. The highest BCUT2D eigenvalue weighted by molar-refractivity contribution is 5.92. The Morgan fingerprint density at radius 1 is 1.21 bits per heavy atom. The number of carbonyl (C=O) groups excluding carboxylic acids is 1. The Kier molecular flexibility index (Phi) is 5.36. The third-order valence-corrected chi connectivity index (χ3v) is 2.97. The summed E-state index contributed by atoms with van der Waals surface area (Å²) in [5, 5.41) is 8.57. The van der Waals surface area contributed by atoms with Gasteiger partial charge in [0.05, 0.1) is 0 Å². The Bertz CT molecular complexity index is 460. The second kappa shape index (κ2) is 6.78. The first-order chi connectivity index (χ1) is 8.93. The number of aryl methyl sites for hydroxylation is 1. The highest BCUT2D eigenvalue weighted by Crippen LogP contribution is 2.18. The van der Waals surface area contributed by atoms with Gasteiger partial charge in [0.15, 0.2) is 0 Å². The summed E-state index contributed by atoms with van der Waals surface area (Å²) in [4.78, 5) is 25.7. The summed E-state index contributed by atoms with van der Waals surface area (Å²) in [7, 11) is 3.40. The molecule has 0 aromatic heterocycles. The minimum atomic E-state index is -0.840. The zero-order valence-corrected chi connectivity index (χ0v) is 11.6. The molecule has 1 rings (SSSR count). The van der Waals surface area contributed by atoms with Crippen LogP contribution in [0.3, 0.4) is 0 Å². The number of carbonyl (C=O) groups is 2.